The first kappa shape index (κ1) is 22.5. The highest BCUT2D eigenvalue weighted by atomic mass is 16.5. The first-order valence-electron chi connectivity index (χ1n) is 9.73. The molecule has 2 rings (SSSR count). The van der Waals surface area contributed by atoms with Crippen LogP contribution >= 0.6 is 0 Å². The molecule has 0 saturated heterocycles. The average molecular weight is 402 g/mol. The number of ether oxygens (including phenoxy) is 2. The number of carbonyl (C=O) groups is 2. The predicted molar refractivity (Wildman–Crippen MR) is 112 cm³/mol. The maximum Gasteiger partial charge on any atom is 0.340 e. The van der Waals surface area contributed by atoms with Gasteiger partial charge in [-0.2, -0.15) is 0 Å². The first-order chi connectivity index (χ1) is 13.7. The number of aryl methyl sites for hydroxylation is 1. The van der Waals surface area contributed by atoms with Crippen LogP contribution < -0.4 is 10.1 Å². The van der Waals surface area contributed by atoms with E-state index in [9.17, 15) is 9.59 Å². The number of nitrogens with one attached hydrogen (secondary N) is 2. The first-order valence-corrected chi connectivity index (χ1v) is 9.73. The van der Waals surface area contributed by atoms with E-state index in [1.54, 1.807) is 27.7 Å². The van der Waals surface area contributed by atoms with Crippen LogP contribution in [0.4, 0.5) is 0 Å². The number of hydrogen-bond donors (Lipinski definition) is 2. The Balaban J connectivity index is 2.02. The SMILES string of the molecule is Cc1[nH]c(C(=O)NCc2cccc(OCCN(C)C)c2)c(C)c1C(=O)OC(C)C. The molecule has 0 fully saturated rings. The third kappa shape index (κ3) is 6.35. The Morgan fingerprint density at radius 2 is 1.93 bits per heavy atom. The molecule has 0 radical (unpaired) electrons. The van der Waals surface area contributed by atoms with Crippen molar-refractivity contribution in [2.75, 3.05) is 27.2 Å². The molecule has 7 nitrogen and oxygen atoms in total. The smallest absolute Gasteiger partial charge is 0.340 e. The van der Waals surface area contributed by atoms with Gasteiger partial charge in [0.25, 0.3) is 5.91 Å². The minimum absolute atomic E-state index is 0.222. The number of likely N-dealkylation sites (N-methyl/N-ethyl adjacent to an activating group) is 1. The minimum atomic E-state index is -0.423. The van der Waals surface area contributed by atoms with E-state index in [0.717, 1.165) is 17.9 Å². The van der Waals surface area contributed by atoms with Crippen molar-refractivity contribution in [2.24, 2.45) is 0 Å². The summed E-state index contributed by atoms with van der Waals surface area (Å²) < 4.78 is 11.0. The second kappa shape index (κ2) is 10.1. The molecule has 2 N–H and O–H groups in total. The van der Waals surface area contributed by atoms with E-state index in [1.165, 1.54) is 0 Å². The van der Waals surface area contributed by atoms with Gasteiger partial charge < -0.3 is 24.7 Å². The van der Waals surface area contributed by atoms with Crippen LogP contribution in [0.15, 0.2) is 24.3 Å². The van der Waals surface area contributed by atoms with E-state index < -0.39 is 5.97 Å². The van der Waals surface area contributed by atoms with Crippen LogP contribution in [0.5, 0.6) is 5.75 Å². The molecule has 29 heavy (non-hydrogen) atoms. The van der Waals surface area contributed by atoms with Crippen LogP contribution in [0.2, 0.25) is 0 Å². The highest BCUT2D eigenvalue weighted by Gasteiger charge is 2.23. The summed E-state index contributed by atoms with van der Waals surface area (Å²) in [7, 11) is 3.99. The molecule has 0 atom stereocenters. The Kier molecular flexibility index (Phi) is 7.84. The average Bonchev–Trinajstić information content (AvgIpc) is 2.93. The van der Waals surface area contributed by atoms with E-state index in [-0.39, 0.29) is 12.0 Å². The van der Waals surface area contributed by atoms with Crippen molar-refractivity contribution in [2.45, 2.75) is 40.3 Å². The summed E-state index contributed by atoms with van der Waals surface area (Å²) in [4.78, 5) is 30.0. The molecule has 1 heterocycles. The number of benzene rings is 1. The van der Waals surface area contributed by atoms with E-state index in [2.05, 4.69) is 15.2 Å². The minimum Gasteiger partial charge on any atom is -0.492 e. The summed E-state index contributed by atoms with van der Waals surface area (Å²) in [5, 5.41) is 2.89. The molecular formula is C22H31N3O4. The summed E-state index contributed by atoms with van der Waals surface area (Å²) in [6.45, 7) is 8.87. The maximum absolute atomic E-state index is 12.6. The lowest BCUT2D eigenvalue weighted by atomic mass is 10.1. The van der Waals surface area contributed by atoms with Gasteiger partial charge in [-0.15, -0.1) is 0 Å². The topological polar surface area (TPSA) is 83.7 Å². The molecule has 158 valence electrons. The number of rotatable bonds is 9. The van der Waals surface area contributed by atoms with Crippen molar-refractivity contribution >= 4 is 11.9 Å². The van der Waals surface area contributed by atoms with Gasteiger partial charge in [0.15, 0.2) is 0 Å². The number of aromatic amines is 1. The fraction of sp³-hybridized carbons (Fsp3) is 0.455. The molecular weight excluding hydrogens is 370 g/mol. The van der Waals surface area contributed by atoms with Crippen molar-refractivity contribution in [3.8, 4) is 5.75 Å². The van der Waals surface area contributed by atoms with Crippen molar-refractivity contribution < 1.29 is 19.1 Å². The monoisotopic (exact) mass is 401 g/mol. The molecule has 1 aromatic heterocycles. The van der Waals surface area contributed by atoms with Crippen LogP contribution in [-0.4, -0.2) is 55.1 Å². The highest BCUT2D eigenvalue weighted by molar-refractivity contribution is 6.00. The van der Waals surface area contributed by atoms with Gasteiger partial charge in [0.05, 0.1) is 11.7 Å². The fourth-order valence-corrected chi connectivity index (χ4v) is 2.92. The van der Waals surface area contributed by atoms with Crippen molar-refractivity contribution in [3.63, 3.8) is 0 Å². The molecule has 1 aromatic carbocycles. The lowest BCUT2D eigenvalue weighted by Gasteiger charge is -2.12. The van der Waals surface area contributed by atoms with Gasteiger partial charge in [-0.25, -0.2) is 4.79 Å². The predicted octanol–water partition coefficient (Wildman–Crippen LogP) is 3.07. The highest BCUT2D eigenvalue weighted by Crippen LogP contribution is 2.20. The fourth-order valence-electron chi connectivity index (χ4n) is 2.92. The quantitative estimate of drug-likeness (QED) is 0.631. The number of esters is 1. The van der Waals surface area contributed by atoms with Crippen molar-refractivity contribution in [1.29, 1.82) is 0 Å². The molecule has 0 unspecified atom stereocenters. The Morgan fingerprint density at radius 1 is 1.21 bits per heavy atom. The molecule has 0 bridgehead atoms. The van der Waals surface area contributed by atoms with Crippen LogP contribution in [0, 0.1) is 13.8 Å². The van der Waals surface area contributed by atoms with Crippen LogP contribution in [0.25, 0.3) is 0 Å². The van der Waals surface area contributed by atoms with Gasteiger partial charge in [-0.3, -0.25) is 4.79 Å². The molecule has 0 aliphatic heterocycles. The van der Waals surface area contributed by atoms with Crippen LogP contribution in [-0.2, 0) is 11.3 Å². The third-order valence-electron chi connectivity index (χ3n) is 4.37. The molecule has 0 aliphatic rings. The van der Waals surface area contributed by atoms with E-state index in [1.807, 2.05) is 38.4 Å². The summed E-state index contributed by atoms with van der Waals surface area (Å²) in [6.07, 6.45) is -0.222. The summed E-state index contributed by atoms with van der Waals surface area (Å²) in [6, 6.07) is 7.63. The number of hydrogen-bond acceptors (Lipinski definition) is 5. The lowest BCUT2D eigenvalue weighted by molar-refractivity contribution is 0.0376. The number of amides is 1. The number of H-pyrrole nitrogens is 1. The Bertz CT molecular complexity index is 856. The molecule has 2 aromatic rings. The van der Waals surface area contributed by atoms with Gasteiger partial charge in [-0.1, -0.05) is 12.1 Å². The Labute approximate surface area is 172 Å². The zero-order valence-corrected chi connectivity index (χ0v) is 18.1. The van der Waals surface area contributed by atoms with E-state index in [0.29, 0.717) is 35.7 Å². The second-order valence-corrected chi connectivity index (χ2v) is 7.56. The van der Waals surface area contributed by atoms with Gasteiger partial charge in [-0.05, 0) is 65.0 Å². The number of carbonyl (C=O) groups excluding carboxylic acids is 2. The number of aromatic nitrogens is 1. The summed E-state index contributed by atoms with van der Waals surface area (Å²) >= 11 is 0. The van der Waals surface area contributed by atoms with Crippen molar-refractivity contribution in [3.05, 3.63) is 52.3 Å². The summed E-state index contributed by atoms with van der Waals surface area (Å²) in [5.74, 6) is 0.0743. The molecule has 1 amide bonds. The standard InChI is InChI=1S/C22H31N3O4/c1-14(2)29-22(27)19-15(3)20(24-16(19)4)21(26)23-13-17-8-7-9-18(12-17)28-11-10-25(5)6/h7-9,12,14,24H,10-11,13H2,1-6H3,(H,23,26). The zero-order valence-electron chi connectivity index (χ0n) is 18.1. The molecule has 7 heteroatoms. The van der Waals surface area contributed by atoms with E-state index >= 15 is 0 Å². The van der Waals surface area contributed by atoms with Gasteiger partial charge in [0.1, 0.15) is 18.1 Å². The zero-order chi connectivity index (χ0) is 21.6. The largest absolute Gasteiger partial charge is 0.492 e. The molecule has 0 spiro atoms. The lowest BCUT2D eigenvalue weighted by Crippen LogP contribution is -2.24. The number of nitrogens with zero attached hydrogens (tertiary/aromatic N) is 1. The molecule has 0 aliphatic carbocycles. The summed E-state index contributed by atoms with van der Waals surface area (Å²) in [5.41, 5.74) is 2.93. The van der Waals surface area contributed by atoms with Crippen LogP contribution in [0.1, 0.15) is 51.5 Å². The van der Waals surface area contributed by atoms with Crippen molar-refractivity contribution in [1.82, 2.24) is 15.2 Å². The van der Waals surface area contributed by atoms with Gasteiger partial charge in [0, 0.05) is 18.8 Å². The van der Waals surface area contributed by atoms with Crippen LogP contribution in [0.3, 0.4) is 0 Å². The Hall–Kier alpha value is -2.80. The third-order valence-corrected chi connectivity index (χ3v) is 4.37. The van der Waals surface area contributed by atoms with Gasteiger partial charge in [0.2, 0.25) is 0 Å². The van der Waals surface area contributed by atoms with Gasteiger partial charge >= 0.3 is 5.97 Å². The van der Waals surface area contributed by atoms with E-state index in [4.69, 9.17) is 9.47 Å². The second-order valence-electron chi connectivity index (χ2n) is 7.56. The normalized spacial score (nSPS) is 11.0. The maximum atomic E-state index is 12.6. The Morgan fingerprint density at radius 3 is 2.59 bits per heavy atom. The molecule has 0 saturated carbocycles.